The fourth-order valence-corrected chi connectivity index (χ4v) is 1.90. The molecule has 1 atom stereocenters. The summed E-state index contributed by atoms with van der Waals surface area (Å²) in [5.74, 6) is 0.770. The average Bonchev–Trinajstić information content (AvgIpc) is 3.08. The number of para-hydroxylation sites is 2. The molecule has 1 aromatic carbocycles. The van der Waals surface area contributed by atoms with Gasteiger partial charge in [-0.2, -0.15) is 4.98 Å². The number of methoxy groups -OCH3 is 1. The third-order valence-electron chi connectivity index (χ3n) is 2.88. The van der Waals surface area contributed by atoms with Crippen LogP contribution in [0.4, 0.5) is 6.01 Å². The zero-order valence-electron chi connectivity index (χ0n) is 10.5. The molecule has 5 nitrogen and oxygen atoms in total. The van der Waals surface area contributed by atoms with Gasteiger partial charge in [0, 0.05) is 7.11 Å². The standard InChI is InChI=1S/C14H14N2O3/c1-17-13(12-7-4-8-18-12)9-15-14-16-10-5-2-3-6-11(10)19-14/h2-8,13H,9H2,1H3,(H,15,16). The van der Waals surface area contributed by atoms with E-state index in [1.807, 2.05) is 36.4 Å². The minimum Gasteiger partial charge on any atom is -0.467 e. The molecule has 3 rings (SSSR count). The van der Waals surface area contributed by atoms with Crippen LogP contribution in [-0.2, 0) is 4.74 Å². The molecule has 98 valence electrons. The van der Waals surface area contributed by atoms with Crippen molar-refractivity contribution in [2.24, 2.45) is 0 Å². The van der Waals surface area contributed by atoms with Crippen LogP contribution < -0.4 is 5.32 Å². The number of ether oxygens (including phenoxy) is 1. The van der Waals surface area contributed by atoms with Crippen LogP contribution in [0, 0.1) is 0 Å². The van der Waals surface area contributed by atoms with Crippen molar-refractivity contribution in [1.82, 2.24) is 4.98 Å². The molecular formula is C14H14N2O3. The average molecular weight is 258 g/mol. The zero-order chi connectivity index (χ0) is 13.1. The molecule has 0 radical (unpaired) electrons. The van der Waals surface area contributed by atoms with Crippen LogP contribution in [-0.4, -0.2) is 18.6 Å². The highest BCUT2D eigenvalue weighted by Gasteiger charge is 2.14. The molecule has 0 bridgehead atoms. The van der Waals surface area contributed by atoms with Crippen LogP contribution in [0.25, 0.3) is 11.1 Å². The lowest BCUT2D eigenvalue weighted by Crippen LogP contribution is -2.13. The van der Waals surface area contributed by atoms with Gasteiger partial charge in [0.15, 0.2) is 5.58 Å². The number of nitrogens with one attached hydrogen (secondary N) is 1. The van der Waals surface area contributed by atoms with Gasteiger partial charge in [-0.1, -0.05) is 12.1 Å². The van der Waals surface area contributed by atoms with Crippen LogP contribution in [0.3, 0.4) is 0 Å². The second-order valence-corrected chi connectivity index (χ2v) is 4.11. The molecular weight excluding hydrogens is 244 g/mol. The summed E-state index contributed by atoms with van der Waals surface area (Å²) < 4.78 is 16.3. The first kappa shape index (κ1) is 11.8. The summed E-state index contributed by atoms with van der Waals surface area (Å²) >= 11 is 0. The van der Waals surface area contributed by atoms with E-state index in [9.17, 15) is 0 Å². The molecule has 0 spiro atoms. The highest BCUT2D eigenvalue weighted by atomic mass is 16.5. The molecule has 2 aromatic heterocycles. The lowest BCUT2D eigenvalue weighted by molar-refractivity contribution is 0.0939. The molecule has 3 aromatic rings. The second-order valence-electron chi connectivity index (χ2n) is 4.11. The SMILES string of the molecule is COC(CNc1nc2ccccc2o1)c1ccco1. The summed E-state index contributed by atoms with van der Waals surface area (Å²) in [6.45, 7) is 0.525. The Labute approximate surface area is 110 Å². The van der Waals surface area contributed by atoms with Crippen molar-refractivity contribution in [3.63, 3.8) is 0 Å². The summed E-state index contributed by atoms with van der Waals surface area (Å²) in [6, 6.07) is 11.8. The zero-order valence-corrected chi connectivity index (χ0v) is 10.5. The van der Waals surface area contributed by atoms with Crippen molar-refractivity contribution >= 4 is 17.1 Å². The molecule has 0 amide bonds. The number of nitrogens with zero attached hydrogens (tertiary/aromatic N) is 1. The Kier molecular flexibility index (Phi) is 3.20. The predicted molar refractivity (Wildman–Crippen MR) is 71.0 cm³/mol. The molecule has 5 heteroatoms. The van der Waals surface area contributed by atoms with Crippen LogP contribution in [0.1, 0.15) is 11.9 Å². The number of oxazole rings is 1. The topological polar surface area (TPSA) is 60.4 Å². The highest BCUT2D eigenvalue weighted by Crippen LogP contribution is 2.21. The molecule has 0 saturated heterocycles. The predicted octanol–water partition coefficient (Wildman–Crippen LogP) is 3.22. The second kappa shape index (κ2) is 5.16. The van der Waals surface area contributed by atoms with Crippen molar-refractivity contribution in [3.8, 4) is 0 Å². The van der Waals surface area contributed by atoms with Crippen molar-refractivity contribution in [2.75, 3.05) is 19.0 Å². The van der Waals surface area contributed by atoms with Gasteiger partial charge in [0.05, 0.1) is 12.8 Å². The number of hydrogen-bond acceptors (Lipinski definition) is 5. The van der Waals surface area contributed by atoms with E-state index >= 15 is 0 Å². The van der Waals surface area contributed by atoms with Gasteiger partial charge in [0.25, 0.3) is 6.01 Å². The molecule has 1 N–H and O–H groups in total. The van der Waals surface area contributed by atoms with E-state index in [4.69, 9.17) is 13.6 Å². The van der Waals surface area contributed by atoms with Crippen molar-refractivity contribution in [1.29, 1.82) is 0 Å². The Morgan fingerprint density at radius 1 is 1.26 bits per heavy atom. The maximum Gasteiger partial charge on any atom is 0.295 e. The summed E-state index contributed by atoms with van der Waals surface area (Å²) in [5, 5.41) is 3.11. The van der Waals surface area contributed by atoms with Gasteiger partial charge in [-0.05, 0) is 24.3 Å². The van der Waals surface area contributed by atoms with Gasteiger partial charge in [0.1, 0.15) is 17.4 Å². The molecule has 2 heterocycles. The number of aromatic nitrogens is 1. The van der Waals surface area contributed by atoms with Crippen molar-refractivity contribution in [3.05, 3.63) is 48.4 Å². The van der Waals surface area contributed by atoms with Crippen LogP contribution in [0.2, 0.25) is 0 Å². The largest absolute Gasteiger partial charge is 0.467 e. The molecule has 0 aliphatic rings. The monoisotopic (exact) mass is 258 g/mol. The third kappa shape index (κ3) is 2.46. The summed E-state index contributed by atoms with van der Waals surface area (Å²) in [7, 11) is 1.64. The summed E-state index contributed by atoms with van der Waals surface area (Å²) in [6.07, 6.45) is 1.45. The number of hydrogen-bond donors (Lipinski definition) is 1. The third-order valence-corrected chi connectivity index (χ3v) is 2.88. The van der Waals surface area contributed by atoms with E-state index in [0.717, 1.165) is 16.9 Å². The van der Waals surface area contributed by atoms with Crippen LogP contribution >= 0.6 is 0 Å². The van der Waals surface area contributed by atoms with Crippen molar-refractivity contribution < 1.29 is 13.6 Å². The maximum atomic E-state index is 5.57. The Balaban J connectivity index is 1.71. The molecule has 0 aliphatic heterocycles. The smallest absolute Gasteiger partial charge is 0.295 e. The van der Waals surface area contributed by atoms with E-state index in [0.29, 0.717) is 12.6 Å². The summed E-state index contributed by atoms with van der Waals surface area (Å²) in [4.78, 5) is 4.34. The van der Waals surface area contributed by atoms with Gasteiger partial charge >= 0.3 is 0 Å². The van der Waals surface area contributed by atoms with Crippen LogP contribution in [0.5, 0.6) is 0 Å². The molecule has 19 heavy (non-hydrogen) atoms. The first-order valence-corrected chi connectivity index (χ1v) is 6.02. The minimum absolute atomic E-state index is 0.176. The Hall–Kier alpha value is -2.27. The Morgan fingerprint density at radius 2 is 2.16 bits per heavy atom. The Bertz CT molecular complexity index is 613. The Morgan fingerprint density at radius 3 is 2.89 bits per heavy atom. The first-order valence-electron chi connectivity index (χ1n) is 6.02. The highest BCUT2D eigenvalue weighted by molar-refractivity contribution is 5.74. The maximum absolute atomic E-state index is 5.57. The minimum atomic E-state index is -0.176. The number of furan rings is 1. The molecule has 1 unspecified atom stereocenters. The normalized spacial score (nSPS) is 12.7. The number of benzene rings is 1. The van der Waals surface area contributed by atoms with Gasteiger partial charge in [-0.3, -0.25) is 0 Å². The summed E-state index contributed by atoms with van der Waals surface area (Å²) in [5.41, 5.74) is 1.59. The first-order chi connectivity index (χ1) is 9.36. The van der Waals surface area contributed by atoms with Crippen LogP contribution in [0.15, 0.2) is 51.5 Å². The van der Waals surface area contributed by atoms with Gasteiger partial charge in [-0.25, -0.2) is 0 Å². The van der Waals surface area contributed by atoms with E-state index in [1.165, 1.54) is 0 Å². The molecule has 0 aliphatic carbocycles. The van der Waals surface area contributed by atoms with Crippen molar-refractivity contribution in [2.45, 2.75) is 6.10 Å². The van der Waals surface area contributed by atoms with E-state index < -0.39 is 0 Å². The van der Waals surface area contributed by atoms with Gasteiger partial charge in [-0.15, -0.1) is 0 Å². The lowest BCUT2D eigenvalue weighted by Gasteiger charge is -2.12. The number of anilines is 1. The number of fused-ring (bicyclic) bond motifs is 1. The quantitative estimate of drug-likeness (QED) is 0.761. The number of rotatable bonds is 5. The lowest BCUT2D eigenvalue weighted by atomic mass is 10.3. The fourth-order valence-electron chi connectivity index (χ4n) is 1.90. The van der Waals surface area contributed by atoms with Gasteiger partial charge in [0.2, 0.25) is 0 Å². The van der Waals surface area contributed by atoms with E-state index in [1.54, 1.807) is 13.4 Å². The molecule has 0 fully saturated rings. The van der Waals surface area contributed by atoms with E-state index in [-0.39, 0.29) is 6.10 Å². The van der Waals surface area contributed by atoms with E-state index in [2.05, 4.69) is 10.3 Å². The van der Waals surface area contributed by atoms with Gasteiger partial charge < -0.3 is 18.9 Å². The fraction of sp³-hybridized carbons (Fsp3) is 0.214. The molecule has 0 saturated carbocycles.